The topological polar surface area (TPSA) is 60.7 Å². The predicted molar refractivity (Wildman–Crippen MR) is 62.2 cm³/mol. The van der Waals surface area contributed by atoms with Crippen molar-refractivity contribution in [2.45, 2.75) is 0 Å². The van der Waals surface area contributed by atoms with Crippen molar-refractivity contribution >= 4 is 18.7 Å². The van der Waals surface area contributed by atoms with Gasteiger partial charge in [0, 0.05) is 0 Å². The standard InChI is InChI=1S/C6H4.C4H4S.BH3O3/c1-2-5-4-6(5)3-1;1-2-4-5-3-1;2-1(3)4/h1-4H;1-4H;2-4H. The Morgan fingerprint density at radius 1 is 0.867 bits per heavy atom. The summed E-state index contributed by atoms with van der Waals surface area (Å²) in [6.45, 7) is 0. The largest absolute Gasteiger partial charge is 0.631 e. The smallest absolute Gasteiger partial charge is 0.402 e. The third-order valence-corrected chi connectivity index (χ3v) is 2.17. The fourth-order valence-corrected chi connectivity index (χ4v) is 1.36. The monoisotopic (exact) mass is 222 g/mol. The minimum Gasteiger partial charge on any atom is -0.402 e. The summed E-state index contributed by atoms with van der Waals surface area (Å²) in [6.07, 6.45) is 0. The van der Waals surface area contributed by atoms with Gasteiger partial charge in [0.05, 0.1) is 0 Å². The molecule has 3 rings (SSSR count). The fourth-order valence-electron chi connectivity index (χ4n) is 0.902. The summed E-state index contributed by atoms with van der Waals surface area (Å²) in [5.41, 5.74) is 2.85. The Kier molecular flexibility index (Phi) is 5.07. The summed E-state index contributed by atoms with van der Waals surface area (Å²) in [5, 5.41) is 25.6. The van der Waals surface area contributed by atoms with Crippen molar-refractivity contribution in [3.8, 4) is 11.1 Å². The Bertz CT molecular complexity index is 339. The second-order valence-corrected chi connectivity index (χ2v) is 3.54. The van der Waals surface area contributed by atoms with Crippen molar-refractivity contribution in [1.82, 2.24) is 0 Å². The molecule has 0 radical (unpaired) electrons. The van der Waals surface area contributed by atoms with E-state index in [1.807, 2.05) is 22.9 Å². The minimum atomic E-state index is -2.17. The molecule has 0 bridgehead atoms. The van der Waals surface area contributed by atoms with Gasteiger partial charge in [0.15, 0.2) is 0 Å². The summed E-state index contributed by atoms with van der Waals surface area (Å²) in [4.78, 5) is 0. The first-order chi connectivity index (χ1) is 7.20. The zero-order chi connectivity index (χ0) is 11.1. The highest BCUT2D eigenvalue weighted by Gasteiger charge is 2.06. The molecule has 2 aliphatic rings. The van der Waals surface area contributed by atoms with Crippen LogP contribution < -0.4 is 0 Å². The lowest BCUT2D eigenvalue weighted by Crippen LogP contribution is -2.07. The average molecular weight is 222 g/mol. The Labute approximate surface area is 92.4 Å². The van der Waals surface area contributed by atoms with Crippen LogP contribution in [0.2, 0.25) is 0 Å². The average Bonchev–Trinajstić information content (AvgIpc) is 2.68. The Balaban J connectivity index is 0.000000116. The molecule has 1 aromatic rings. The van der Waals surface area contributed by atoms with E-state index in [-0.39, 0.29) is 0 Å². The van der Waals surface area contributed by atoms with E-state index in [9.17, 15) is 0 Å². The molecule has 0 fully saturated rings. The predicted octanol–water partition coefficient (Wildman–Crippen LogP) is 1.36. The molecule has 0 atom stereocenters. The second-order valence-electron chi connectivity index (χ2n) is 2.72. The van der Waals surface area contributed by atoms with E-state index in [1.165, 1.54) is 11.1 Å². The van der Waals surface area contributed by atoms with Gasteiger partial charge in [-0.15, -0.1) is 0 Å². The molecule has 1 aromatic heterocycles. The van der Waals surface area contributed by atoms with Crippen LogP contribution in [0.5, 0.6) is 0 Å². The number of rotatable bonds is 0. The van der Waals surface area contributed by atoms with Crippen molar-refractivity contribution in [1.29, 1.82) is 0 Å². The molecule has 0 unspecified atom stereocenters. The molecule has 0 aliphatic heterocycles. The molecule has 78 valence electrons. The normalized spacial score (nSPS) is 9.00. The van der Waals surface area contributed by atoms with Gasteiger partial charge in [-0.05, 0) is 28.0 Å². The molecule has 0 saturated heterocycles. The van der Waals surface area contributed by atoms with E-state index in [0.717, 1.165) is 0 Å². The lowest BCUT2D eigenvalue weighted by Gasteiger charge is -1.69. The maximum absolute atomic E-state index is 7.17. The van der Waals surface area contributed by atoms with Gasteiger partial charge >= 0.3 is 7.32 Å². The number of benzene rings is 1. The first kappa shape index (κ1) is 11.9. The third kappa shape index (κ3) is 6.03. The highest BCUT2D eigenvalue weighted by molar-refractivity contribution is 7.07. The molecule has 15 heavy (non-hydrogen) atoms. The molecule has 0 saturated carbocycles. The van der Waals surface area contributed by atoms with Gasteiger partial charge < -0.3 is 15.1 Å². The molecule has 3 nitrogen and oxygen atoms in total. The van der Waals surface area contributed by atoms with E-state index in [2.05, 4.69) is 24.3 Å². The van der Waals surface area contributed by atoms with E-state index in [0.29, 0.717) is 0 Å². The van der Waals surface area contributed by atoms with Crippen LogP contribution in [0.3, 0.4) is 0 Å². The van der Waals surface area contributed by atoms with Crippen LogP contribution in [-0.4, -0.2) is 22.4 Å². The van der Waals surface area contributed by atoms with E-state index < -0.39 is 7.32 Å². The van der Waals surface area contributed by atoms with Gasteiger partial charge in [0.25, 0.3) is 0 Å². The second kappa shape index (κ2) is 6.37. The van der Waals surface area contributed by atoms with Crippen LogP contribution in [0.4, 0.5) is 0 Å². The number of thiophene rings is 1. The van der Waals surface area contributed by atoms with E-state index in [4.69, 9.17) is 15.1 Å². The number of hydrogen-bond donors (Lipinski definition) is 3. The van der Waals surface area contributed by atoms with Crippen molar-refractivity contribution in [3.63, 3.8) is 0 Å². The lowest BCUT2D eigenvalue weighted by molar-refractivity contribution is 0.278. The van der Waals surface area contributed by atoms with Crippen molar-refractivity contribution in [3.05, 3.63) is 47.2 Å². The van der Waals surface area contributed by atoms with Crippen molar-refractivity contribution < 1.29 is 15.1 Å². The number of hydrogen-bond acceptors (Lipinski definition) is 4. The molecule has 1 heterocycles. The van der Waals surface area contributed by atoms with Crippen LogP contribution in [0.15, 0.2) is 47.2 Å². The van der Waals surface area contributed by atoms with Crippen LogP contribution in [0, 0.1) is 0 Å². The zero-order valence-electron chi connectivity index (χ0n) is 7.95. The van der Waals surface area contributed by atoms with Gasteiger partial charge in [-0.1, -0.05) is 30.3 Å². The van der Waals surface area contributed by atoms with Crippen LogP contribution in [0.25, 0.3) is 11.1 Å². The molecule has 2 aliphatic carbocycles. The summed E-state index contributed by atoms with van der Waals surface area (Å²) >= 11 is 1.71. The molecule has 0 spiro atoms. The minimum absolute atomic E-state index is 1.43. The zero-order valence-corrected chi connectivity index (χ0v) is 8.76. The maximum Gasteiger partial charge on any atom is 0.631 e. The molecule has 0 aromatic carbocycles. The van der Waals surface area contributed by atoms with Gasteiger partial charge in [-0.3, -0.25) is 0 Å². The van der Waals surface area contributed by atoms with Crippen LogP contribution in [-0.2, 0) is 0 Å². The highest BCUT2D eigenvalue weighted by Crippen LogP contribution is 2.32. The van der Waals surface area contributed by atoms with Gasteiger partial charge in [-0.25, -0.2) is 0 Å². The summed E-state index contributed by atoms with van der Waals surface area (Å²) in [7, 11) is -2.17. The third-order valence-electron chi connectivity index (χ3n) is 1.54. The molecule has 3 N–H and O–H groups in total. The molecular formula is C10H11BO3S. The maximum atomic E-state index is 7.17. The molecule has 5 heteroatoms. The lowest BCUT2D eigenvalue weighted by atomic mass is 10.3. The van der Waals surface area contributed by atoms with E-state index >= 15 is 0 Å². The van der Waals surface area contributed by atoms with Crippen molar-refractivity contribution in [2.75, 3.05) is 0 Å². The molecule has 0 amide bonds. The Hall–Kier alpha value is -1.14. The summed E-state index contributed by atoms with van der Waals surface area (Å²) in [5.74, 6) is 0. The first-order valence-electron chi connectivity index (χ1n) is 4.32. The van der Waals surface area contributed by atoms with Crippen LogP contribution >= 0.6 is 11.3 Å². The quantitative estimate of drug-likeness (QED) is 0.503. The van der Waals surface area contributed by atoms with Gasteiger partial charge in [0.1, 0.15) is 0 Å². The summed E-state index contributed by atoms with van der Waals surface area (Å²) in [6, 6.07) is 12.5. The number of fused-ring (bicyclic) bond motifs is 1. The van der Waals surface area contributed by atoms with Gasteiger partial charge in [-0.2, -0.15) is 11.3 Å². The SMILES string of the molecule is OB(O)O.c1cc2cc-2c1.c1ccsc1. The van der Waals surface area contributed by atoms with Gasteiger partial charge in [0.2, 0.25) is 0 Å². The van der Waals surface area contributed by atoms with E-state index in [1.54, 1.807) is 11.3 Å². The molecular weight excluding hydrogens is 211 g/mol. The highest BCUT2D eigenvalue weighted by atomic mass is 32.1. The van der Waals surface area contributed by atoms with Crippen LogP contribution in [0.1, 0.15) is 0 Å². The summed E-state index contributed by atoms with van der Waals surface area (Å²) < 4.78 is 0. The van der Waals surface area contributed by atoms with Crippen molar-refractivity contribution in [2.24, 2.45) is 0 Å². The Morgan fingerprint density at radius 2 is 1.33 bits per heavy atom. The Morgan fingerprint density at radius 3 is 1.47 bits per heavy atom. The fraction of sp³-hybridized carbons (Fsp3) is 0. The first-order valence-corrected chi connectivity index (χ1v) is 5.26.